The lowest BCUT2D eigenvalue weighted by Crippen LogP contribution is -2.16. The minimum absolute atomic E-state index is 0.554. The maximum Gasteiger partial charge on any atom is 0.134 e. The van der Waals surface area contributed by atoms with E-state index in [0.717, 1.165) is 4.47 Å². The van der Waals surface area contributed by atoms with Crippen molar-refractivity contribution in [1.82, 2.24) is 0 Å². The summed E-state index contributed by atoms with van der Waals surface area (Å²) in [6.07, 6.45) is 0. The fourth-order valence-corrected chi connectivity index (χ4v) is 2.28. The average molecular weight is 342 g/mol. The normalized spacial score (nSPS) is 11.4. The minimum Gasteiger partial charge on any atom is -0.457 e. The average Bonchev–Trinajstić information content (AvgIpc) is 2.27. The van der Waals surface area contributed by atoms with Crippen molar-refractivity contribution in [2.45, 2.75) is 19.4 Å². The molecular weight excluding hydrogens is 328 g/mol. The van der Waals surface area contributed by atoms with Gasteiger partial charge in [-0.25, -0.2) is 0 Å². The molecule has 0 unspecified atom stereocenters. The Morgan fingerprint density at radius 1 is 1.16 bits per heavy atom. The first-order valence-electron chi connectivity index (χ1n) is 5.82. The molecule has 100 valence electrons. The van der Waals surface area contributed by atoms with Gasteiger partial charge in [0.05, 0.1) is 5.60 Å². The lowest BCUT2D eigenvalue weighted by molar-refractivity contribution is 0.0762. The first-order chi connectivity index (χ1) is 8.86. The van der Waals surface area contributed by atoms with E-state index < -0.39 is 5.60 Å². The Bertz CT molecular complexity index is 591. The molecule has 2 aromatic carbocycles. The number of aliphatic hydroxyl groups is 1. The van der Waals surface area contributed by atoms with Gasteiger partial charge in [0.25, 0.3) is 0 Å². The number of ether oxygens (including phenoxy) is 1. The van der Waals surface area contributed by atoms with Crippen LogP contribution in [0.15, 0.2) is 46.9 Å². The molecule has 2 nitrogen and oxygen atoms in total. The van der Waals surface area contributed by atoms with Crippen molar-refractivity contribution >= 4 is 27.5 Å². The molecule has 0 saturated carbocycles. The molecule has 0 aliphatic carbocycles. The van der Waals surface area contributed by atoms with Crippen LogP contribution in [0.2, 0.25) is 5.02 Å². The van der Waals surface area contributed by atoms with Gasteiger partial charge in [0.1, 0.15) is 11.5 Å². The highest BCUT2D eigenvalue weighted by molar-refractivity contribution is 9.10. The number of halogens is 2. The predicted octanol–water partition coefficient (Wildman–Crippen LogP) is 5.12. The van der Waals surface area contributed by atoms with Gasteiger partial charge in [-0.15, -0.1) is 0 Å². The third-order valence-electron chi connectivity index (χ3n) is 2.63. The maximum absolute atomic E-state index is 10.2. The standard InChI is InChI=1S/C15H14BrClO2/c1-15(2,18)13-7-6-11(17)9-14(13)19-12-5-3-4-10(16)8-12/h3-9,18H,1-2H3. The summed E-state index contributed by atoms with van der Waals surface area (Å²) >= 11 is 9.39. The summed E-state index contributed by atoms with van der Waals surface area (Å²) in [5.41, 5.74) is -0.303. The van der Waals surface area contributed by atoms with E-state index in [9.17, 15) is 5.11 Å². The maximum atomic E-state index is 10.2. The smallest absolute Gasteiger partial charge is 0.134 e. The van der Waals surface area contributed by atoms with Crippen molar-refractivity contribution in [3.8, 4) is 11.5 Å². The monoisotopic (exact) mass is 340 g/mol. The highest BCUT2D eigenvalue weighted by Gasteiger charge is 2.21. The number of benzene rings is 2. The van der Waals surface area contributed by atoms with E-state index in [2.05, 4.69) is 15.9 Å². The van der Waals surface area contributed by atoms with Gasteiger partial charge in [-0.1, -0.05) is 39.7 Å². The Labute approximate surface area is 126 Å². The second-order valence-electron chi connectivity index (χ2n) is 4.76. The number of hydrogen-bond donors (Lipinski definition) is 1. The van der Waals surface area contributed by atoms with Crippen molar-refractivity contribution < 1.29 is 9.84 Å². The molecule has 19 heavy (non-hydrogen) atoms. The molecule has 2 aromatic rings. The lowest BCUT2D eigenvalue weighted by Gasteiger charge is -2.21. The summed E-state index contributed by atoms with van der Waals surface area (Å²) in [5, 5.41) is 10.7. The van der Waals surface area contributed by atoms with Crippen LogP contribution in [0.3, 0.4) is 0 Å². The summed E-state index contributed by atoms with van der Waals surface area (Å²) in [7, 11) is 0. The Hall–Kier alpha value is -1.03. The van der Waals surface area contributed by atoms with Crippen LogP contribution in [-0.4, -0.2) is 5.11 Å². The highest BCUT2D eigenvalue weighted by atomic mass is 79.9. The lowest BCUT2D eigenvalue weighted by atomic mass is 9.97. The topological polar surface area (TPSA) is 29.5 Å². The molecule has 0 spiro atoms. The molecule has 2 rings (SSSR count). The van der Waals surface area contributed by atoms with Gasteiger partial charge in [0.15, 0.2) is 0 Å². The van der Waals surface area contributed by atoms with Crippen LogP contribution in [0.5, 0.6) is 11.5 Å². The van der Waals surface area contributed by atoms with Crippen LogP contribution in [-0.2, 0) is 5.60 Å². The molecule has 0 aromatic heterocycles. The van der Waals surface area contributed by atoms with Gasteiger partial charge in [0, 0.05) is 15.1 Å². The number of rotatable bonds is 3. The van der Waals surface area contributed by atoms with E-state index in [0.29, 0.717) is 22.1 Å². The largest absolute Gasteiger partial charge is 0.457 e. The van der Waals surface area contributed by atoms with Gasteiger partial charge in [-0.2, -0.15) is 0 Å². The second-order valence-corrected chi connectivity index (χ2v) is 6.11. The Morgan fingerprint density at radius 2 is 1.89 bits per heavy atom. The van der Waals surface area contributed by atoms with Crippen molar-refractivity contribution in [2.75, 3.05) is 0 Å². The van der Waals surface area contributed by atoms with Gasteiger partial charge in [0.2, 0.25) is 0 Å². The first kappa shape index (κ1) is 14.4. The van der Waals surface area contributed by atoms with Crippen LogP contribution in [0.4, 0.5) is 0 Å². The third kappa shape index (κ3) is 3.72. The Morgan fingerprint density at radius 3 is 2.53 bits per heavy atom. The van der Waals surface area contributed by atoms with E-state index in [1.54, 1.807) is 32.0 Å². The summed E-state index contributed by atoms with van der Waals surface area (Å²) in [6.45, 7) is 3.42. The molecule has 0 saturated heterocycles. The van der Waals surface area contributed by atoms with Crippen LogP contribution < -0.4 is 4.74 Å². The summed E-state index contributed by atoms with van der Waals surface area (Å²) in [4.78, 5) is 0. The fourth-order valence-electron chi connectivity index (χ4n) is 1.74. The van der Waals surface area contributed by atoms with Crippen molar-refractivity contribution in [2.24, 2.45) is 0 Å². The molecule has 0 heterocycles. The third-order valence-corrected chi connectivity index (χ3v) is 3.36. The second kappa shape index (κ2) is 5.53. The van der Waals surface area contributed by atoms with Crippen molar-refractivity contribution in [1.29, 1.82) is 0 Å². The summed E-state index contributed by atoms with van der Waals surface area (Å²) in [6, 6.07) is 12.7. The first-order valence-corrected chi connectivity index (χ1v) is 6.99. The number of hydrogen-bond acceptors (Lipinski definition) is 2. The SMILES string of the molecule is CC(C)(O)c1ccc(Cl)cc1Oc1cccc(Br)c1. The van der Waals surface area contributed by atoms with E-state index in [1.807, 2.05) is 24.3 Å². The Kier molecular flexibility index (Phi) is 4.19. The van der Waals surface area contributed by atoms with E-state index >= 15 is 0 Å². The Balaban J connectivity index is 2.41. The molecule has 0 bridgehead atoms. The molecule has 1 N–H and O–H groups in total. The van der Waals surface area contributed by atoms with Crippen LogP contribution >= 0.6 is 27.5 Å². The van der Waals surface area contributed by atoms with Crippen molar-refractivity contribution in [3.63, 3.8) is 0 Å². The minimum atomic E-state index is -0.994. The highest BCUT2D eigenvalue weighted by Crippen LogP contribution is 2.35. The van der Waals surface area contributed by atoms with Gasteiger partial charge >= 0.3 is 0 Å². The zero-order valence-corrected chi connectivity index (χ0v) is 13.0. The molecule has 0 fully saturated rings. The molecule has 0 atom stereocenters. The van der Waals surface area contributed by atoms with Gasteiger partial charge in [-0.05, 0) is 44.2 Å². The molecule has 0 amide bonds. The molecule has 0 aliphatic heterocycles. The molecular formula is C15H14BrClO2. The van der Waals surface area contributed by atoms with Crippen LogP contribution in [0.1, 0.15) is 19.4 Å². The van der Waals surface area contributed by atoms with Crippen LogP contribution in [0.25, 0.3) is 0 Å². The fraction of sp³-hybridized carbons (Fsp3) is 0.200. The zero-order valence-electron chi connectivity index (χ0n) is 10.7. The quantitative estimate of drug-likeness (QED) is 0.839. The van der Waals surface area contributed by atoms with Crippen molar-refractivity contribution in [3.05, 3.63) is 57.5 Å². The van der Waals surface area contributed by atoms with E-state index in [1.165, 1.54) is 0 Å². The van der Waals surface area contributed by atoms with Gasteiger partial charge in [-0.3, -0.25) is 0 Å². The molecule has 0 radical (unpaired) electrons. The summed E-state index contributed by atoms with van der Waals surface area (Å²) in [5.74, 6) is 1.24. The van der Waals surface area contributed by atoms with E-state index in [-0.39, 0.29) is 0 Å². The zero-order chi connectivity index (χ0) is 14.0. The summed E-state index contributed by atoms with van der Waals surface area (Å²) < 4.78 is 6.75. The molecule has 0 aliphatic rings. The van der Waals surface area contributed by atoms with Gasteiger partial charge < -0.3 is 9.84 Å². The molecule has 4 heteroatoms. The van der Waals surface area contributed by atoms with E-state index in [4.69, 9.17) is 16.3 Å². The predicted molar refractivity (Wildman–Crippen MR) is 80.9 cm³/mol. The van der Waals surface area contributed by atoms with Crippen LogP contribution in [0, 0.1) is 0 Å².